The fourth-order valence-electron chi connectivity index (χ4n) is 3.32. The summed E-state index contributed by atoms with van der Waals surface area (Å²) in [6, 6.07) is 0. The summed E-state index contributed by atoms with van der Waals surface area (Å²) in [6.07, 6.45) is 6.30. The summed E-state index contributed by atoms with van der Waals surface area (Å²) in [6.45, 7) is 3.29. The fourth-order valence-corrected chi connectivity index (χ4v) is 3.32. The van der Waals surface area contributed by atoms with Gasteiger partial charge in [0.2, 0.25) is 5.91 Å². The zero-order valence-corrected chi connectivity index (χ0v) is 12.1. The molecule has 1 amide bonds. The van der Waals surface area contributed by atoms with Gasteiger partial charge in [0, 0.05) is 32.6 Å². The van der Waals surface area contributed by atoms with E-state index in [2.05, 4.69) is 4.98 Å². The first-order chi connectivity index (χ1) is 10.1. The number of amides is 1. The highest BCUT2D eigenvalue weighted by Crippen LogP contribution is 2.30. The molecule has 1 aromatic heterocycles. The van der Waals surface area contributed by atoms with Crippen molar-refractivity contribution in [3.63, 3.8) is 0 Å². The number of nitrogens with zero attached hydrogens (tertiary/aromatic N) is 3. The van der Waals surface area contributed by atoms with E-state index in [1.54, 1.807) is 0 Å². The quantitative estimate of drug-likeness (QED) is 0.920. The smallest absolute Gasteiger partial charge is 0.222 e. The van der Waals surface area contributed by atoms with Gasteiger partial charge in [-0.15, -0.1) is 0 Å². The number of likely N-dealkylation sites (tertiary alicyclic amines) is 1. The molecular formula is C15H21FN4O. The lowest BCUT2D eigenvalue weighted by molar-refractivity contribution is -0.128. The van der Waals surface area contributed by atoms with Crippen LogP contribution >= 0.6 is 0 Å². The summed E-state index contributed by atoms with van der Waals surface area (Å²) in [5, 5.41) is 0. The first-order valence-corrected chi connectivity index (χ1v) is 7.57. The van der Waals surface area contributed by atoms with Gasteiger partial charge in [-0.3, -0.25) is 9.78 Å². The third-order valence-corrected chi connectivity index (χ3v) is 4.48. The fraction of sp³-hybridized carbons (Fsp3) is 0.600. The van der Waals surface area contributed by atoms with Gasteiger partial charge >= 0.3 is 0 Å². The third-order valence-electron chi connectivity index (χ3n) is 4.48. The number of halogens is 1. The number of rotatable bonds is 3. The predicted molar refractivity (Wildman–Crippen MR) is 79.4 cm³/mol. The minimum atomic E-state index is -0.358. The van der Waals surface area contributed by atoms with Gasteiger partial charge in [-0.2, -0.15) is 0 Å². The van der Waals surface area contributed by atoms with Crippen molar-refractivity contribution in [2.24, 2.45) is 5.92 Å². The van der Waals surface area contributed by atoms with Gasteiger partial charge in [0.15, 0.2) is 5.82 Å². The second kappa shape index (κ2) is 5.87. The molecule has 5 nitrogen and oxygen atoms in total. The van der Waals surface area contributed by atoms with Crippen LogP contribution in [-0.2, 0) is 4.79 Å². The summed E-state index contributed by atoms with van der Waals surface area (Å²) in [5.74, 6) is 0.430. The maximum Gasteiger partial charge on any atom is 0.222 e. The Morgan fingerprint density at radius 3 is 2.67 bits per heavy atom. The Morgan fingerprint density at radius 1 is 1.29 bits per heavy atom. The molecule has 2 saturated heterocycles. The number of piperidine rings is 1. The van der Waals surface area contributed by atoms with Crippen LogP contribution in [0.3, 0.4) is 0 Å². The highest BCUT2D eigenvalue weighted by molar-refractivity contribution is 5.78. The van der Waals surface area contributed by atoms with Gasteiger partial charge in [0.05, 0.1) is 23.8 Å². The number of hydrogen-bond donors (Lipinski definition) is 1. The van der Waals surface area contributed by atoms with Crippen LogP contribution < -0.4 is 10.6 Å². The van der Waals surface area contributed by atoms with Crippen molar-refractivity contribution >= 4 is 17.3 Å². The molecule has 0 saturated carbocycles. The van der Waals surface area contributed by atoms with E-state index < -0.39 is 0 Å². The number of hydrogen-bond acceptors (Lipinski definition) is 4. The van der Waals surface area contributed by atoms with Crippen LogP contribution in [0.4, 0.5) is 15.8 Å². The molecule has 3 heterocycles. The molecule has 0 spiro atoms. The molecule has 6 heteroatoms. The van der Waals surface area contributed by atoms with Crippen molar-refractivity contribution < 1.29 is 9.18 Å². The molecule has 2 aliphatic heterocycles. The summed E-state index contributed by atoms with van der Waals surface area (Å²) in [7, 11) is 0. The molecule has 114 valence electrons. The molecular weight excluding hydrogens is 271 g/mol. The van der Waals surface area contributed by atoms with Crippen molar-refractivity contribution in [3.05, 3.63) is 18.2 Å². The molecule has 0 unspecified atom stereocenters. The Balaban J connectivity index is 1.59. The first kappa shape index (κ1) is 14.1. The molecule has 1 aromatic rings. The summed E-state index contributed by atoms with van der Waals surface area (Å²) >= 11 is 0. The van der Waals surface area contributed by atoms with Gasteiger partial charge in [-0.05, 0) is 25.2 Å². The van der Waals surface area contributed by atoms with Crippen LogP contribution in [-0.4, -0.2) is 42.0 Å². The van der Waals surface area contributed by atoms with E-state index in [0.717, 1.165) is 45.4 Å². The maximum atomic E-state index is 13.9. The van der Waals surface area contributed by atoms with Crippen LogP contribution in [0.5, 0.6) is 0 Å². The molecule has 21 heavy (non-hydrogen) atoms. The molecule has 2 fully saturated rings. The van der Waals surface area contributed by atoms with E-state index in [-0.39, 0.29) is 11.7 Å². The average molecular weight is 292 g/mol. The third kappa shape index (κ3) is 2.94. The van der Waals surface area contributed by atoms with Gasteiger partial charge in [-0.25, -0.2) is 4.39 Å². The largest absolute Gasteiger partial charge is 0.396 e. The highest BCUT2D eigenvalue weighted by atomic mass is 19.1. The summed E-state index contributed by atoms with van der Waals surface area (Å²) in [4.78, 5) is 19.4. The average Bonchev–Trinajstić information content (AvgIpc) is 2.86. The van der Waals surface area contributed by atoms with E-state index in [0.29, 0.717) is 23.7 Å². The molecule has 0 atom stereocenters. The number of anilines is 2. The van der Waals surface area contributed by atoms with Crippen LogP contribution in [0, 0.1) is 11.7 Å². The highest BCUT2D eigenvalue weighted by Gasteiger charge is 2.27. The lowest BCUT2D eigenvalue weighted by Gasteiger charge is -2.35. The van der Waals surface area contributed by atoms with Gasteiger partial charge < -0.3 is 15.5 Å². The number of nitrogens with two attached hydrogens (primary N) is 1. The van der Waals surface area contributed by atoms with Crippen molar-refractivity contribution in [3.8, 4) is 0 Å². The van der Waals surface area contributed by atoms with Crippen LogP contribution in [0.15, 0.2) is 12.4 Å². The standard InChI is InChI=1S/C15H21FN4O/c16-12-8-18-9-13(17)15(12)19-6-3-11(4-7-19)10-20-5-1-2-14(20)21/h8-9,11H,1-7,10,17H2. The van der Waals surface area contributed by atoms with E-state index >= 15 is 0 Å². The van der Waals surface area contributed by atoms with Crippen LogP contribution in [0.25, 0.3) is 0 Å². The number of aromatic nitrogens is 1. The Hall–Kier alpha value is -1.85. The second-order valence-electron chi connectivity index (χ2n) is 5.93. The minimum absolute atomic E-state index is 0.279. The molecule has 2 aliphatic rings. The summed E-state index contributed by atoms with van der Waals surface area (Å²) in [5.41, 5.74) is 6.70. The van der Waals surface area contributed by atoms with Crippen molar-refractivity contribution in [2.45, 2.75) is 25.7 Å². The van der Waals surface area contributed by atoms with Crippen LogP contribution in [0.2, 0.25) is 0 Å². The normalized spacial score (nSPS) is 20.3. The Bertz CT molecular complexity index is 508. The van der Waals surface area contributed by atoms with E-state index in [4.69, 9.17) is 5.73 Å². The zero-order valence-electron chi connectivity index (χ0n) is 12.1. The zero-order chi connectivity index (χ0) is 14.8. The lowest BCUT2D eigenvalue weighted by atomic mass is 9.95. The minimum Gasteiger partial charge on any atom is -0.396 e. The Morgan fingerprint density at radius 2 is 2.05 bits per heavy atom. The second-order valence-corrected chi connectivity index (χ2v) is 5.93. The number of carbonyl (C=O) groups excluding carboxylic acids is 1. The molecule has 0 aromatic carbocycles. The molecule has 3 rings (SSSR count). The van der Waals surface area contributed by atoms with Gasteiger partial charge in [0.25, 0.3) is 0 Å². The number of nitrogen functional groups attached to an aromatic ring is 1. The van der Waals surface area contributed by atoms with Crippen molar-refractivity contribution in [1.82, 2.24) is 9.88 Å². The van der Waals surface area contributed by atoms with Crippen molar-refractivity contribution in [2.75, 3.05) is 36.8 Å². The van der Waals surface area contributed by atoms with E-state index in [9.17, 15) is 9.18 Å². The predicted octanol–water partition coefficient (Wildman–Crippen LogP) is 1.64. The van der Waals surface area contributed by atoms with E-state index in [1.165, 1.54) is 12.4 Å². The first-order valence-electron chi connectivity index (χ1n) is 7.57. The monoisotopic (exact) mass is 292 g/mol. The molecule has 2 N–H and O–H groups in total. The topological polar surface area (TPSA) is 62.5 Å². The summed E-state index contributed by atoms with van der Waals surface area (Å²) < 4.78 is 13.9. The lowest BCUT2D eigenvalue weighted by Crippen LogP contribution is -2.39. The Labute approximate surface area is 123 Å². The van der Waals surface area contributed by atoms with Gasteiger partial charge in [-0.1, -0.05) is 0 Å². The maximum absolute atomic E-state index is 13.9. The van der Waals surface area contributed by atoms with Crippen LogP contribution in [0.1, 0.15) is 25.7 Å². The SMILES string of the molecule is Nc1cncc(F)c1N1CCC(CN2CCCC2=O)CC1. The number of pyridine rings is 1. The Kier molecular flexibility index (Phi) is 3.94. The molecule has 0 radical (unpaired) electrons. The number of carbonyl (C=O) groups is 1. The van der Waals surface area contributed by atoms with E-state index in [1.807, 2.05) is 9.80 Å². The van der Waals surface area contributed by atoms with Crippen molar-refractivity contribution in [1.29, 1.82) is 0 Å². The van der Waals surface area contributed by atoms with Gasteiger partial charge in [0.1, 0.15) is 0 Å². The molecule has 0 bridgehead atoms. The molecule has 0 aliphatic carbocycles.